The van der Waals surface area contributed by atoms with Crippen molar-refractivity contribution in [3.63, 3.8) is 0 Å². The van der Waals surface area contributed by atoms with Crippen LogP contribution in [0.3, 0.4) is 0 Å². The van der Waals surface area contributed by atoms with Crippen molar-refractivity contribution in [3.05, 3.63) is 23.3 Å². The summed E-state index contributed by atoms with van der Waals surface area (Å²) in [5, 5.41) is 0. The number of likely N-dealkylation sites (N-methyl/N-ethyl adjacent to an activating group) is 1. The van der Waals surface area contributed by atoms with Crippen LogP contribution in [0.5, 0.6) is 11.5 Å². The molecule has 0 N–H and O–H groups in total. The van der Waals surface area contributed by atoms with Crippen molar-refractivity contribution in [2.45, 2.75) is 43.2 Å². The van der Waals surface area contributed by atoms with Gasteiger partial charge in [0.1, 0.15) is 0 Å². The van der Waals surface area contributed by atoms with Crippen LogP contribution in [0.2, 0.25) is 0 Å². The molecule has 1 aromatic rings. The Morgan fingerprint density at radius 3 is 3.18 bits per heavy atom. The predicted molar refractivity (Wildman–Crippen MR) is 81.6 cm³/mol. The second-order valence-corrected chi connectivity index (χ2v) is 6.66. The summed E-state index contributed by atoms with van der Waals surface area (Å²) < 4.78 is 39.2. The molecule has 22 heavy (non-hydrogen) atoms. The lowest BCUT2D eigenvalue weighted by molar-refractivity contribution is -0.138. The van der Waals surface area contributed by atoms with Gasteiger partial charge in [0.15, 0.2) is 23.4 Å². The van der Waals surface area contributed by atoms with Crippen LogP contribution in [0.15, 0.2) is 12.1 Å². The molecule has 2 heterocycles. The summed E-state index contributed by atoms with van der Waals surface area (Å²) in [4.78, 5) is 14.8. The molecule has 1 unspecified atom stereocenters. The Hall–Kier alpha value is -1.55. The third-order valence-electron chi connectivity index (χ3n) is 5.81. The van der Waals surface area contributed by atoms with Gasteiger partial charge in [-0.2, -0.15) is 0 Å². The molecule has 2 bridgehead atoms. The van der Waals surface area contributed by atoms with Crippen molar-refractivity contribution in [1.82, 2.24) is 4.90 Å². The van der Waals surface area contributed by atoms with E-state index in [2.05, 4.69) is 0 Å². The van der Waals surface area contributed by atoms with Crippen molar-refractivity contribution in [1.29, 1.82) is 0 Å². The number of methoxy groups -OCH3 is 1. The van der Waals surface area contributed by atoms with Crippen LogP contribution in [-0.2, 0) is 16.6 Å². The second kappa shape index (κ2) is 4.05. The van der Waals surface area contributed by atoms with Crippen LogP contribution in [0.1, 0.15) is 34.5 Å². The van der Waals surface area contributed by atoms with E-state index in [-0.39, 0.29) is 12.2 Å². The molecule has 1 saturated heterocycles. The lowest BCUT2D eigenvalue weighted by atomic mass is 9.52. The molecule has 0 aromatic heterocycles. The first-order chi connectivity index (χ1) is 11.7. The van der Waals surface area contributed by atoms with Crippen LogP contribution >= 0.6 is 0 Å². The van der Waals surface area contributed by atoms with E-state index >= 15 is 0 Å². The van der Waals surface area contributed by atoms with Crippen LogP contribution in [-0.4, -0.2) is 43.5 Å². The molecule has 116 valence electrons. The summed E-state index contributed by atoms with van der Waals surface area (Å²) >= 11 is 0. The average Bonchev–Trinajstić information content (AvgIpc) is 2.86. The van der Waals surface area contributed by atoms with Gasteiger partial charge in [-0.1, -0.05) is 6.07 Å². The highest BCUT2D eigenvalue weighted by Gasteiger charge is 2.65. The SMILES string of the molecule is [2H]C12Oc3c(OC)ccc4c3[C@@]13CCN(C)[C@]([2H])(C4)[C@]3([2H])CCC2=O. The van der Waals surface area contributed by atoms with Crippen molar-refractivity contribution < 1.29 is 18.4 Å². The fraction of sp³-hybridized carbons (Fsp3) is 0.611. The van der Waals surface area contributed by atoms with Crippen molar-refractivity contribution in [2.24, 2.45) is 5.89 Å². The third kappa shape index (κ3) is 1.27. The number of ketones is 1. The number of nitrogens with zero attached hydrogens (tertiary/aromatic N) is 1. The minimum atomic E-state index is -1.84. The molecule has 1 spiro atoms. The quantitative estimate of drug-likeness (QED) is 0.794. The number of carbonyl (C=O) groups is 1. The Kier molecular flexibility index (Phi) is 1.89. The zero-order valence-electron chi connectivity index (χ0n) is 15.9. The molecule has 1 saturated carbocycles. The fourth-order valence-electron chi connectivity index (χ4n) is 4.84. The lowest BCUT2D eigenvalue weighted by Crippen LogP contribution is -2.65. The molecular weight excluding hydrogens is 278 g/mol. The van der Waals surface area contributed by atoms with E-state index < -0.39 is 23.4 Å². The molecule has 2 aliphatic carbocycles. The zero-order valence-corrected chi connectivity index (χ0v) is 12.9. The minimum absolute atomic E-state index is 0.106. The highest BCUT2D eigenvalue weighted by Crippen LogP contribution is 2.62. The van der Waals surface area contributed by atoms with Crippen molar-refractivity contribution >= 4 is 5.78 Å². The molecular formula is C18H21NO3. The average molecular weight is 302 g/mol. The molecule has 0 radical (unpaired) electrons. The molecule has 4 heteroatoms. The topological polar surface area (TPSA) is 38.8 Å². The van der Waals surface area contributed by atoms with E-state index in [0.29, 0.717) is 37.3 Å². The van der Waals surface area contributed by atoms with Gasteiger partial charge < -0.3 is 14.4 Å². The van der Waals surface area contributed by atoms with E-state index in [9.17, 15) is 7.54 Å². The zero-order chi connectivity index (χ0) is 17.8. The van der Waals surface area contributed by atoms with Crippen LogP contribution in [0, 0.1) is 5.89 Å². The molecule has 2 fully saturated rings. The number of piperidine rings is 1. The highest BCUT2D eigenvalue weighted by atomic mass is 16.5. The molecule has 4 atom stereocenters. The van der Waals surface area contributed by atoms with E-state index in [0.717, 1.165) is 11.1 Å². The summed E-state index contributed by atoms with van der Waals surface area (Å²) in [6.45, 7) is 0.567. The first-order valence-corrected chi connectivity index (χ1v) is 7.89. The standard InChI is InChI=1S/C18H21NO3/c1-19-8-7-18-11-4-5-13(20)17(18)22-16-14(21-2)6-3-10(15(16)18)9-12(11)19/h3,6,11-12,17H,4-5,7-9H2,1-2H3/t11-,12+,17?,18-/m0/s1/i11D,12D,17D. The number of carbonyl (C=O) groups excluding carboxylic acids is 1. The second-order valence-electron chi connectivity index (χ2n) is 6.66. The molecule has 1 aromatic carbocycles. The normalized spacial score (nSPS) is 50.5. The third-order valence-corrected chi connectivity index (χ3v) is 5.81. The van der Waals surface area contributed by atoms with Gasteiger partial charge in [-0.05, 0) is 50.4 Å². The summed E-state index contributed by atoms with van der Waals surface area (Å²) in [6, 6.07) is 2.52. The Bertz CT molecular complexity index is 832. The minimum Gasteiger partial charge on any atom is -0.493 e. The first-order valence-electron chi connectivity index (χ1n) is 9.39. The summed E-state index contributed by atoms with van der Waals surface area (Å²) in [6.07, 6.45) is -0.577. The van der Waals surface area contributed by atoms with Gasteiger partial charge in [-0.15, -0.1) is 0 Å². The summed E-state index contributed by atoms with van der Waals surface area (Å²) in [5.41, 5.74) is 0.575. The number of rotatable bonds is 1. The fourth-order valence-corrected chi connectivity index (χ4v) is 4.84. The van der Waals surface area contributed by atoms with Gasteiger partial charge in [0.2, 0.25) is 0 Å². The van der Waals surface area contributed by atoms with Gasteiger partial charge in [-0.25, -0.2) is 0 Å². The van der Waals surface area contributed by atoms with Gasteiger partial charge in [-0.3, -0.25) is 4.79 Å². The van der Waals surface area contributed by atoms with Crippen LogP contribution in [0.4, 0.5) is 0 Å². The maximum Gasteiger partial charge on any atom is 0.174 e. The number of ether oxygens (including phenoxy) is 2. The smallest absolute Gasteiger partial charge is 0.174 e. The monoisotopic (exact) mass is 302 g/mol. The van der Waals surface area contributed by atoms with E-state index in [1.54, 1.807) is 13.2 Å². The van der Waals surface area contributed by atoms with E-state index in [1.807, 2.05) is 18.0 Å². The highest BCUT2D eigenvalue weighted by molar-refractivity contribution is 5.89. The van der Waals surface area contributed by atoms with Crippen molar-refractivity contribution in [3.8, 4) is 11.5 Å². The first kappa shape index (κ1) is 10.3. The van der Waals surface area contributed by atoms with Crippen molar-refractivity contribution in [2.75, 3.05) is 20.7 Å². The Balaban J connectivity index is 1.93. The van der Waals surface area contributed by atoms with Gasteiger partial charge >= 0.3 is 0 Å². The molecule has 0 amide bonds. The van der Waals surface area contributed by atoms with Gasteiger partial charge in [0.25, 0.3) is 0 Å². The maximum atomic E-state index is 12.9. The van der Waals surface area contributed by atoms with Gasteiger partial charge in [0.05, 0.1) is 8.48 Å². The predicted octanol–water partition coefficient (Wildman–Crippen LogP) is 1.93. The van der Waals surface area contributed by atoms with Crippen LogP contribution < -0.4 is 9.47 Å². The largest absolute Gasteiger partial charge is 0.493 e. The lowest BCUT2D eigenvalue weighted by Gasteiger charge is -2.57. The number of hydrogen-bond donors (Lipinski definition) is 0. The van der Waals surface area contributed by atoms with E-state index in [4.69, 9.17) is 10.8 Å². The molecule has 4 aliphatic rings. The number of benzene rings is 1. The Morgan fingerprint density at radius 1 is 1.50 bits per heavy atom. The van der Waals surface area contributed by atoms with Gasteiger partial charge in [0, 0.05) is 26.2 Å². The number of Topliss-reactive ketones (excluding diaryl/α,β-unsaturated/α-hetero) is 1. The summed E-state index contributed by atoms with van der Waals surface area (Å²) in [5.74, 6) is -0.615. The summed E-state index contributed by atoms with van der Waals surface area (Å²) in [7, 11) is 3.42. The molecule has 4 nitrogen and oxygen atoms in total. The Labute approximate surface area is 134 Å². The maximum absolute atomic E-state index is 12.9. The van der Waals surface area contributed by atoms with Crippen LogP contribution in [0.25, 0.3) is 0 Å². The molecule has 2 aliphatic heterocycles. The molecule has 5 rings (SSSR count). The number of likely N-dealkylation sites (tertiary alicyclic amines) is 1. The number of hydrogen-bond acceptors (Lipinski definition) is 4. The van der Waals surface area contributed by atoms with E-state index in [1.165, 1.54) is 0 Å². The Morgan fingerprint density at radius 2 is 2.36 bits per heavy atom.